The Morgan fingerprint density at radius 2 is 1.89 bits per heavy atom. The van der Waals surface area contributed by atoms with Crippen LogP contribution in [0.2, 0.25) is 0 Å². The summed E-state index contributed by atoms with van der Waals surface area (Å²) >= 11 is 0. The second-order valence-electron chi connectivity index (χ2n) is 7.49. The highest BCUT2D eigenvalue weighted by molar-refractivity contribution is 6.06. The lowest BCUT2D eigenvalue weighted by molar-refractivity contribution is -0.386. The van der Waals surface area contributed by atoms with Crippen LogP contribution in [-0.4, -0.2) is 52.7 Å². The summed E-state index contributed by atoms with van der Waals surface area (Å²) in [4.78, 5) is 36.2. The smallest absolute Gasteiger partial charge is 0.343 e. The minimum Gasteiger partial charge on any atom is -0.462 e. The molecule has 3 aromatic heterocycles. The molecule has 0 atom stereocenters. The number of benzene rings is 1. The summed E-state index contributed by atoms with van der Waals surface area (Å²) in [5.74, 6) is -1.06. The molecule has 0 aliphatic rings. The fourth-order valence-corrected chi connectivity index (χ4v) is 3.55. The van der Waals surface area contributed by atoms with Crippen LogP contribution in [0.1, 0.15) is 39.2 Å². The van der Waals surface area contributed by atoms with Crippen molar-refractivity contribution in [3.05, 3.63) is 81.6 Å². The second kappa shape index (κ2) is 9.59. The number of nitrogens with one attached hydrogen (secondary N) is 1. The summed E-state index contributed by atoms with van der Waals surface area (Å²) < 4.78 is 9.39. The number of rotatable bonds is 8. The van der Waals surface area contributed by atoms with Gasteiger partial charge in [-0.25, -0.2) is 14.2 Å². The van der Waals surface area contributed by atoms with Crippen molar-refractivity contribution in [3.63, 3.8) is 0 Å². The fourth-order valence-electron chi connectivity index (χ4n) is 3.55. The third-order valence-corrected chi connectivity index (χ3v) is 5.18. The number of nitrogens with zero attached hydrogens (tertiary/aromatic N) is 7. The Bertz CT molecular complexity index is 1400. The number of para-hydroxylation sites is 1. The zero-order valence-corrected chi connectivity index (χ0v) is 19.2. The number of hydrogen-bond donors (Lipinski definition) is 1. The molecule has 180 valence electrons. The van der Waals surface area contributed by atoms with Crippen molar-refractivity contribution in [2.75, 3.05) is 11.9 Å². The van der Waals surface area contributed by atoms with E-state index in [0.29, 0.717) is 17.1 Å². The Kier molecular flexibility index (Phi) is 6.40. The van der Waals surface area contributed by atoms with Crippen LogP contribution >= 0.6 is 0 Å². The second-order valence-corrected chi connectivity index (χ2v) is 7.49. The van der Waals surface area contributed by atoms with Gasteiger partial charge in [0, 0.05) is 6.20 Å². The van der Waals surface area contributed by atoms with E-state index in [-0.39, 0.29) is 36.0 Å². The molecule has 0 saturated heterocycles. The maximum Gasteiger partial charge on any atom is 0.343 e. The average molecular weight is 478 g/mol. The molecule has 13 nitrogen and oxygen atoms in total. The van der Waals surface area contributed by atoms with Crippen LogP contribution in [0.25, 0.3) is 5.69 Å². The number of esters is 1. The summed E-state index contributed by atoms with van der Waals surface area (Å²) in [7, 11) is 0. The zero-order valence-electron chi connectivity index (χ0n) is 19.2. The molecule has 1 N–H and O–H groups in total. The number of carbonyl (C=O) groups is 2. The van der Waals surface area contributed by atoms with E-state index >= 15 is 0 Å². The lowest BCUT2D eigenvalue weighted by Crippen LogP contribution is -2.19. The fraction of sp³-hybridized carbons (Fsp3) is 0.227. The van der Waals surface area contributed by atoms with E-state index in [1.807, 2.05) is 6.07 Å². The number of aromatic nitrogens is 6. The van der Waals surface area contributed by atoms with Gasteiger partial charge in [-0.2, -0.15) is 15.3 Å². The third-order valence-electron chi connectivity index (χ3n) is 5.18. The van der Waals surface area contributed by atoms with Crippen LogP contribution in [0, 0.1) is 24.0 Å². The first kappa shape index (κ1) is 23.4. The topological polar surface area (TPSA) is 152 Å². The van der Waals surface area contributed by atoms with Gasteiger partial charge in [-0.15, -0.1) is 0 Å². The molecule has 0 bridgehead atoms. The van der Waals surface area contributed by atoms with Gasteiger partial charge in [-0.3, -0.25) is 19.6 Å². The number of amides is 1. The van der Waals surface area contributed by atoms with Gasteiger partial charge in [0.25, 0.3) is 5.91 Å². The Morgan fingerprint density at radius 3 is 2.54 bits per heavy atom. The molecule has 0 aliphatic heterocycles. The largest absolute Gasteiger partial charge is 0.462 e. The molecule has 0 radical (unpaired) electrons. The molecular formula is C22H22N8O5. The van der Waals surface area contributed by atoms with E-state index in [2.05, 4.69) is 20.6 Å². The third kappa shape index (κ3) is 4.64. The summed E-state index contributed by atoms with van der Waals surface area (Å²) in [5, 5.41) is 26.6. The minimum atomic E-state index is -0.623. The van der Waals surface area contributed by atoms with Crippen LogP contribution in [0.3, 0.4) is 0 Å². The van der Waals surface area contributed by atoms with Gasteiger partial charge >= 0.3 is 11.7 Å². The highest BCUT2D eigenvalue weighted by Crippen LogP contribution is 2.23. The first-order chi connectivity index (χ1) is 16.8. The number of carbonyl (C=O) groups excluding carboxylic acids is 2. The predicted octanol–water partition coefficient (Wildman–Crippen LogP) is 2.73. The molecule has 0 saturated carbocycles. The SMILES string of the molecule is CCOC(=O)c1cnn(-c2ccccc2)c1NC(=O)c1ccn(Cn2nc(C)c([N+](=O)[O-])c2C)n1. The van der Waals surface area contributed by atoms with Crippen molar-refractivity contribution in [3.8, 4) is 5.69 Å². The average Bonchev–Trinajstić information content (AvgIpc) is 3.53. The van der Waals surface area contributed by atoms with Crippen LogP contribution in [0.5, 0.6) is 0 Å². The highest BCUT2D eigenvalue weighted by Gasteiger charge is 2.24. The van der Waals surface area contributed by atoms with Crippen LogP contribution in [-0.2, 0) is 11.4 Å². The quantitative estimate of drug-likeness (QED) is 0.230. The number of ether oxygens (including phenoxy) is 1. The van der Waals surface area contributed by atoms with E-state index in [0.717, 1.165) is 0 Å². The van der Waals surface area contributed by atoms with Gasteiger partial charge in [-0.1, -0.05) is 18.2 Å². The number of anilines is 1. The highest BCUT2D eigenvalue weighted by atomic mass is 16.6. The summed E-state index contributed by atoms with van der Waals surface area (Å²) in [6, 6.07) is 10.5. The molecular weight excluding hydrogens is 456 g/mol. The summed E-state index contributed by atoms with van der Waals surface area (Å²) in [5.41, 5.74) is 1.40. The Hall–Kier alpha value is -4.81. The summed E-state index contributed by atoms with van der Waals surface area (Å²) in [6.45, 7) is 5.07. The molecule has 0 unspecified atom stereocenters. The first-order valence-electron chi connectivity index (χ1n) is 10.6. The molecule has 35 heavy (non-hydrogen) atoms. The summed E-state index contributed by atoms with van der Waals surface area (Å²) in [6.07, 6.45) is 2.88. The van der Waals surface area contributed by atoms with Gasteiger partial charge in [0.1, 0.15) is 23.6 Å². The van der Waals surface area contributed by atoms with Crippen molar-refractivity contribution in [1.29, 1.82) is 0 Å². The maximum absolute atomic E-state index is 13.0. The van der Waals surface area contributed by atoms with Crippen LogP contribution in [0.4, 0.5) is 11.5 Å². The molecule has 4 aromatic rings. The first-order valence-corrected chi connectivity index (χ1v) is 10.6. The molecule has 0 fully saturated rings. The lowest BCUT2D eigenvalue weighted by atomic mass is 10.3. The van der Waals surface area contributed by atoms with Gasteiger partial charge in [-0.05, 0) is 39.0 Å². The molecule has 4 rings (SSSR count). The molecule has 3 heterocycles. The zero-order chi connectivity index (χ0) is 25.1. The normalized spacial score (nSPS) is 10.8. The number of aryl methyl sites for hydroxylation is 1. The van der Waals surface area contributed by atoms with Crippen molar-refractivity contribution in [2.24, 2.45) is 0 Å². The molecule has 13 heteroatoms. The van der Waals surface area contributed by atoms with Gasteiger partial charge in [0.15, 0.2) is 11.5 Å². The van der Waals surface area contributed by atoms with Crippen molar-refractivity contribution < 1.29 is 19.2 Å². The van der Waals surface area contributed by atoms with Crippen molar-refractivity contribution >= 4 is 23.4 Å². The van der Waals surface area contributed by atoms with Crippen molar-refractivity contribution in [1.82, 2.24) is 29.3 Å². The van der Waals surface area contributed by atoms with Crippen LogP contribution < -0.4 is 5.32 Å². The molecule has 1 amide bonds. The standard InChI is InChI=1S/C22H22N8O5/c1-4-35-22(32)17-12-23-29(16-8-6-5-7-9-16)20(17)24-21(31)18-10-11-27(26-18)13-28-15(3)19(30(33)34)14(2)25-28/h5-12H,4,13H2,1-3H3,(H,24,31). The Labute approximate surface area is 199 Å². The minimum absolute atomic E-state index is 0.0595. The lowest BCUT2D eigenvalue weighted by Gasteiger charge is -2.10. The van der Waals surface area contributed by atoms with Crippen molar-refractivity contribution in [2.45, 2.75) is 27.4 Å². The van der Waals surface area contributed by atoms with E-state index in [4.69, 9.17) is 4.74 Å². The van der Waals surface area contributed by atoms with E-state index < -0.39 is 16.8 Å². The van der Waals surface area contributed by atoms with Gasteiger partial charge in [0.05, 0.1) is 23.4 Å². The molecule has 1 aromatic carbocycles. The van der Waals surface area contributed by atoms with Crippen LogP contribution in [0.15, 0.2) is 48.8 Å². The van der Waals surface area contributed by atoms with E-state index in [1.165, 1.54) is 26.3 Å². The van der Waals surface area contributed by atoms with Gasteiger partial charge < -0.3 is 10.1 Å². The maximum atomic E-state index is 13.0. The Balaban J connectivity index is 1.59. The number of hydrogen-bond acceptors (Lipinski definition) is 8. The Morgan fingerprint density at radius 1 is 1.14 bits per heavy atom. The van der Waals surface area contributed by atoms with E-state index in [9.17, 15) is 19.7 Å². The van der Waals surface area contributed by atoms with Gasteiger partial charge in [0.2, 0.25) is 0 Å². The molecule has 0 spiro atoms. The monoisotopic (exact) mass is 478 g/mol. The van der Waals surface area contributed by atoms with E-state index in [1.54, 1.807) is 51.2 Å². The predicted molar refractivity (Wildman–Crippen MR) is 123 cm³/mol. The molecule has 0 aliphatic carbocycles. The number of nitro groups is 1.